The Labute approximate surface area is 163 Å². The molecule has 1 saturated heterocycles. The fraction of sp³-hybridized carbons (Fsp3) is 0.333. The van der Waals surface area contributed by atoms with Crippen LogP contribution in [0.1, 0.15) is 11.4 Å². The Hall–Kier alpha value is -2.90. The summed E-state index contributed by atoms with van der Waals surface area (Å²) in [6.45, 7) is 5.95. The zero-order valence-corrected chi connectivity index (χ0v) is 16.0. The first-order valence-electron chi connectivity index (χ1n) is 9.68. The van der Waals surface area contributed by atoms with E-state index in [1.165, 1.54) is 5.56 Å². The Balaban J connectivity index is 1.24. The minimum Gasteiger partial charge on any atom is -0.454 e. The van der Waals surface area contributed by atoms with Gasteiger partial charge in [0.25, 0.3) is 0 Å². The second-order valence-corrected chi connectivity index (χ2v) is 7.43. The van der Waals surface area contributed by atoms with Gasteiger partial charge < -0.3 is 8.98 Å². The van der Waals surface area contributed by atoms with Gasteiger partial charge in [-0.15, -0.1) is 0 Å². The lowest BCUT2D eigenvalue weighted by Gasteiger charge is -2.34. The summed E-state index contributed by atoms with van der Waals surface area (Å²) in [6, 6.07) is 10.2. The van der Waals surface area contributed by atoms with E-state index in [0.29, 0.717) is 0 Å². The molecule has 1 fully saturated rings. The first kappa shape index (κ1) is 17.2. The van der Waals surface area contributed by atoms with Crippen LogP contribution in [-0.2, 0) is 20.1 Å². The number of nitrogens with one attached hydrogen (secondary N) is 1. The molecular formula is C21H24N6O. The van der Waals surface area contributed by atoms with Crippen LogP contribution >= 0.6 is 0 Å². The third kappa shape index (κ3) is 3.34. The van der Waals surface area contributed by atoms with Crippen LogP contribution in [0.4, 0.5) is 0 Å². The summed E-state index contributed by atoms with van der Waals surface area (Å²) in [6.07, 6.45) is 5.79. The molecule has 28 heavy (non-hydrogen) atoms. The molecule has 0 spiro atoms. The van der Waals surface area contributed by atoms with Crippen molar-refractivity contribution in [2.45, 2.75) is 13.1 Å². The summed E-state index contributed by atoms with van der Waals surface area (Å²) in [4.78, 5) is 9.38. The van der Waals surface area contributed by atoms with Crippen molar-refractivity contribution in [1.29, 1.82) is 0 Å². The van der Waals surface area contributed by atoms with Gasteiger partial charge in [-0.2, -0.15) is 5.10 Å². The maximum absolute atomic E-state index is 6.02. The van der Waals surface area contributed by atoms with Crippen molar-refractivity contribution in [1.82, 2.24) is 29.5 Å². The number of aromatic nitrogens is 4. The van der Waals surface area contributed by atoms with Crippen molar-refractivity contribution < 1.29 is 4.42 Å². The lowest BCUT2D eigenvalue weighted by molar-refractivity contribution is 0.119. The van der Waals surface area contributed by atoms with Gasteiger partial charge in [0.05, 0.1) is 12.7 Å². The third-order valence-electron chi connectivity index (χ3n) is 5.53. The van der Waals surface area contributed by atoms with E-state index in [1.54, 1.807) is 0 Å². The van der Waals surface area contributed by atoms with Crippen LogP contribution in [0.3, 0.4) is 0 Å². The zero-order chi connectivity index (χ0) is 18.9. The number of fused-ring (bicyclic) bond motifs is 1. The molecule has 7 nitrogen and oxygen atoms in total. The molecule has 7 heteroatoms. The Kier molecular flexibility index (Phi) is 4.46. The molecule has 0 atom stereocenters. The van der Waals surface area contributed by atoms with Crippen LogP contribution in [0.25, 0.3) is 22.4 Å². The van der Waals surface area contributed by atoms with Gasteiger partial charge in [0.1, 0.15) is 17.1 Å². The smallest absolute Gasteiger partial charge is 0.153 e. The van der Waals surface area contributed by atoms with E-state index in [9.17, 15) is 0 Å². The van der Waals surface area contributed by atoms with Crippen LogP contribution in [0.2, 0.25) is 0 Å². The Bertz CT molecular complexity index is 1040. The summed E-state index contributed by atoms with van der Waals surface area (Å²) in [5, 5.41) is 8.51. The van der Waals surface area contributed by atoms with Crippen molar-refractivity contribution in [3.05, 3.63) is 60.3 Å². The van der Waals surface area contributed by atoms with Gasteiger partial charge in [-0.3, -0.25) is 14.9 Å². The summed E-state index contributed by atoms with van der Waals surface area (Å²) in [5.41, 5.74) is 3.06. The van der Waals surface area contributed by atoms with E-state index in [-0.39, 0.29) is 0 Å². The Morgan fingerprint density at radius 1 is 1.07 bits per heavy atom. The van der Waals surface area contributed by atoms with E-state index < -0.39 is 0 Å². The maximum atomic E-state index is 6.02. The van der Waals surface area contributed by atoms with Gasteiger partial charge >= 0.3 is 0 Å². The minimum absolute atomic E-state index is 0.849. The molecule has 1 aliphatic rings. The zero-order valence-electron chi connectivity index (χ0n) is 16.0. The average Bonchev–Trinajstić information content (AvgIpc) is 3.43. The van der Waals surface area contributed by atoms with Gasteiger partial charge in [-0.25, -0.2) is 4.98 Å². The maximum Gasteiger partial charge on any atom is 0.153 e. The number of nitrogens with zero attached hydrogens (tertiary/aromatic N) is 5. The molecule has 1 aliphatic heterocycles. The highest BCUT2D eigenvalue weighted by molar-refractivity contribution is 5.82. The number of para-hydroxylation sites is 1. The van der Waals surface area contributed by atoms with Gasteiger partial charge in [0, 0.05) is 63.1 Å². The van der Waals surface area contributed by atoms with E-state index in [0.717, 1.165) is 67.5 Å². The van der Waals surface area contributed by atoms with E-state index in [4.69, 9.17) is 4.42 Å². The number of imidazole rings is 1. The molecule has 0 aliphatic carbocycles. The van der Waals surface area contributed by atoms with E-state index in [2.05, 4.69) is 48.7 Å². The number of aromatic amines is 1. The van der Waals surface area contributed by atoms with Gasteiger partial charge in [-0.1, -0.05) is 18.2 Å². The highest BCUT2D eigenvalue weighted by Gasteiger charge is 2.21. The third-order valence-corrected chi connectivity index (χ3v) is 5.53. The molecule has 0 saturated carbocycles. The summed E-state index contributed by atoms with van der Waals surface area (Å²) in [5.74, 6) is 1.97. The highest BCUT2D eigenvalue weighted by Crippen LogP contribution is 2.29. The molecule has 0 unspecified atom stereocenters. The molecule has 4 aromatic rings. The normalized spacial score (nSPS) is 16.2. The average molecular weight is 376 g/mol. The van der Waals surface area contributed by atoms with Crippen LogP contribution in [0.15, 0.2) is 53.3 Å². The summed E-state index contributed by atoms with van der Waals surface area (Å²) >= 11 is 0. The van der Waals surface area contributed by atoms with E-state index in [1.807, 2.05) is 36.8 Å². The monoisotopic (exact) mass is 376 g/mol. The number of furan rings is 1. The minimum atomic E-state index is 0.849. The Morgan fingerprint density at radius 3 is 2.61 bits per heavy atom. The number of benzene rings is 1. The Morgan fingerprint density at radius 2 is 1.86 bits per heavy atom. The molecule has 4 heterocycles. The van der Waals surface area contributed by atoms with Crippen LogP contribution in [-0.4, -0.2) is 55.7 Å². The van der Waals surface area contributed by atoms with Gasteiger partial charge in [-0.05, 0) is 12.1 Å². The first-order valence-corrected chi connectivity index (χ1v) is 9.68. The number of hydrogen-bond donors (Lipinski definition) is 1. The molecule has 1 aromatic carbocycles. The highest BCUT2D eigenvalue weighted by atomic mass is 16.3. The van der Waals surface area contributed by atoms with Gasteiger partial charge in [0.2, 0.25) is 0 Å². The predicted octanol–water partition coefficient (Wildman–Crippen LogP) is 2.87. The van der Waals surface area contributed by atoms with Crippen molar-refractivity contribution in [2.75, 3.05) is 26.2 Å². The fourth-order valence-corrected chi connectivity index (χ4v) is 3.84. The second-order valence-electron chi connectivity index (χ2n) is 7.43. The lowest BCUT2D eigenvalue weighted by atomic mass is 10.1. The molecule has 0 bridgehead atoms. The summed E-state index contributed by atoms with van der Waals surface area (Å²) in [7, 11) is 2.05. The number of hydrogen-bond acceptors (Lipinski definition) is 5. The second kappa shape index (κ2) is 7.26. The predicted molar refractivity (Wildman–Crippen MR) is 108 cm³/mol. The van der Waals surface area contributed by atoms with E-state index >= 15 is 0 Å². The molecular weight excluding hydrogens is 352 g/mol. The quantitative estimate of drug-likeness (QED) is 0.580. The molecule has 0 radical (unpaired) electrons. The topological polar surface area (TPSA) is 66.1 Å². The molecule has 5 rings (SSSR count). The van der Waals surface area contributed by atoms with Crippen molar-refractivity contribution >= 4 is 11.0 Å². The van der Waals surface area contributed by atoms with Crippen LogP contribution in [0, 0.1) is 0 Å². The number of rotatable bonds is 5. The van der Waals surface area contributed by atoms with Crippen LogP contribution < -0.4 is 0 Å². The number of piperazine rings is 1. The number of H-pyrrole nitrogens is 1. The molecule has 0 amide bonds. The molecule has 3 aromatic heterocycles. The molecule has 1 N–H and O–H groups in total. The van der Waals surface area contributed by atoms with Crippen LogP contribution in [0.5, 0.6) is 0 Å². The standard InChI is InChI=1S/C21H24N6O/c1-25-7-6-22-20(25)15-27-10-8-26(9-11-27)14-17-13-23-24-21(17)19-12-16-4-2-3-5-18(16)28-19/h2-7,12-13H,8-11,14-15H2,1H3,(H,23,24). The van der Waals surface area contributed by atoms with Crippen molar-refractivity contribution in [3.8, 4) is 11.5 Å². The SMILES string of the molecule is Cn1ccnc1CN1CCN(Cc2cn[nH]c2-c2cc3ccccc3o2)CC1. The fourth-order valence-electron chi connectivity index (χ4n) is 3.84. The first-order chi connectivity index (χ1) is 13.8. The van der Waals surface area contributed by atoms with Crippen molar-refractivity contribution in [3.63, 3.8) is 0 Å². The number of aryl methyl sites for hydroxylation is 1. The van der Waals surface area contributed by atoms with Gasteiger partial charge in [0.15, 0.2) is 5.76 Å². The summed E-state index contributed by atoms with van der Waals surface area (Å²) < 4.78 is 8.12. The van der Waals surface area contributed by atoms with Crippen molar-refractivity contribution in [2.24, 2.45) is 7.05 Å². The largest absolute Gasteiger partial charge is 0.454 e. The molecule has 144 valence electrons. The lowest BCUT2D eigenvalue weighted by Crippen LogP contribution is -2.45.